The highest BCUT2D eigenvalue weighted by atomic mass is 35.5. The minimum absolute atomic E-state index is 0.111. The number of amides is 1. The van der Waals surface area contributed by atoms with Gasteiger partial charge in [0.1, 0.15) is 5.75 Å². The fraction of sp³-hybridized carbons (Fsp3) is 0.462. The summed E-state index contributed by atoms with van der Waals surface area (Å²) >= 11 is 5.92. The third-order valence-corrected chi connectivity index (χ3v) is 2.45. The van der Waals surface area contributed by atoms with Gasteiger partial charge in [0.2, 0.25) is 5.91 Å². The molecule has 0 spiro atoms. The Hall–Kier alpha value is -1.26. The lowest BCUT2D eigenvalue weighted by Gasteiger charge is -2.12. The molecule has 0 aliphatic carbocycles. The summed E-state index contributed by atoms with van der Waals surface area (Å²) in [7, 11) is 0. The van der Waals surface area contributed by atoms with E-state index < -0.39 is 0 Å². The third kappa shape index (κ3) is 4.94. The van der Waals surface area contributed by atoms with Gasteiger partial charge in [0.05, 0.1) is 18.8 Å². The summed E-state index contributed by atoms with van der Waals surface area (Å²) in [4.78, 5) is 11.6. The molecule has 1 aromatic rings. The second-order valence-corrected chi connectivity index (χ2v) is 4.25. The number of carbonyl (C=O) groups is 1. The number of anilines is 1. The van der Waals surface area contributed by atoms with Crippen LogP contribution in [0.15, 0.2) is 18.2 Å². The Bertz CT molecular complexity index is 397. The van der Waals surface area contributed by atoms with Crippen molar-refractivity contribution in [1.82, 2.24) is 5.32 Å². The first-order chi connectivity index (χ1) is 8.67. The minimum atomic E-state index is -0.111. The normalized spacial score (nSPS) is 10.2. The first-order valence-electron chi connectivity index (χ1n) is 6.10. The lowest BCUT2D eigenvalue weighted by molar-refractivity contribution is -0.115. The molecule has 4 nitrogen and oxygen atoms in total. The summed E-state index contributed by atoms with van der Waals surface area (Å²) in [5.41, 5.74) is 0.610. The van der Waals surface area contributed by atoms with Gasteiger partial charge in [-0.2, -0.15) is 0 Å². The predicted molar refractivity (Wildman–Crippen MR) is 74.4 cm³/mol. The molecule has 0 bridgehead atoms. The maximum Gasteiger partial charge on any atom is 0.238 e. The van der Waals surface area contributed by atoms with Crippen molar-refractivity contribution < 1.29 is 9.53 Å². The van der Waals surface area contributed by atoms with E-state index in [0.717, 1.165) is 13.0 Å². The molecule has 1 aromatic carbocycles. The van der Waals surface area contributed by atoms with Gasteiger partial charge in [0.25, 0.3) is 0 Å². The van der Waals surface area contributed by atoms with Crippen LogP contribution in [-0.4, -0.2) is 25.6 Å². The van der Waals surface area contributed by atoms with E-state index in [4.69, 9.17) is 16.3 Å². The molecule has 0 saturated carbocycles. The maximum atomic E-state index is 11.6. The number of hydrogen-bond donors (Lipinski definition) is 2. The summed E-state index contributed by atoms with van der Waals surface area (Å²) in [6.07, 6.45) is 0.910. The van der Waals surface area contributed by atoms with Gasteiger partial charge in [-0.25, -0.2) is 0 Å². The molecule has 2 N–H and O–H groups in total. The predicted octanol–water partition coefficient (Wildman–Crippen LogP) is 2.68. The van der Waals surface area contributed by atoms with E-state index >= 15 is 0 Å². The molecule has 0 saturated heterocycles. The van der Waals surface area contributed by atoms with Crippen molar-refractivity contribution in [3.05, 3.63) is 23.2 Å². The Morgan fingerprint density at radius 1 is 1.39 bits per heavy atom. The zero-order valence-electron chi connectivity index (χ0n) is 10.8. The molecule has 5 heteroatoms. The Morgan fingerprint density at radius 2 is 2.17 bits per heavy atom. The van der Waals surface area contributed by atoms with E-state index in [1.165, 1.54) is 0 Å². The van der Waals surface area contributed by atoms with Gasteiger partial charge in [-0.05, 0) is 31.2 Å². The molecular weight excluding hydrogens is 252 g/mol. The molecule has 0 heterocycles. The second kappa shape index (κ2) is 7.95. The molecule has 100 valence electrons. The van der Waals surface area contributed by atoms with E-state index in [-0.39, 0.29) is 12.5 Å². The average molecular weight is 271 g/mol. The van der Waals surface area contributed by atoms with Crippen molar-refractivity contribution in [2.45, 2.75) is 20.3 Å². The standard InChI is InChI=1S/C13H19ClN2O2/c1-3-7-18-12-6-5-10(14)8-11(12)16-13(17)9-15-4-2/h5-6,8,15H,3-4,7,9H2,1-2H3,(H,16,17). The smallest absolute Gasteiger partial charge is 0.238 e. The molecule has 1 rings (SSSR count). The van der Waals surface area contributed by atoms with Crippen molar-refractivity contribution in [2.75, 3.05) is 25.0 Å². The van der Waals surface area contributed by atoms with Crippen LogP contribution in [0.4, 0.5) is 5.69 Å². The van der Waals surface area contributed by atoms with E-state index in [0.29, 0.717) is 23.1 Å². The number of benzene rings is 1. The van der Waals surface area contributed by atoms with Crippen molar-refractivity contribution in [3.63, 3.8) is 0 Å². The van der Waals surface area contributed by atoms with Crippen molar-refractivity contribution >= 4 is 23.2 Å². The Kier molecular flexibility index (Phi) is 6.54. The van der Waals surface area contributed by atoms with Crippen molar-refractivity contribution in [2.24, 2.45) is 0 Å². The maximum absolute atomic E-state index is 11.6. The van der Waals surface area contributed by atoms with Crippen LogP contribution in [0.3, 0.4) is 0 Å². The summed E-state index contributed by atoms with van der Waals surface area (Å²) in [5, 5.41) is 6.31. The SMILES string of the molecule is CCCOc1ccc(Cl)cc1NC(=O)CNCC. The Morgan fingerprint density at radius 3 is 2.83 bits per heavy atom. The van der Waals surface area contributed by atoms with Gasteiger partial charge in [-0.3, -0.25) is 4.79 Å². The van der Waals surface area contributed by atoms with Crippen LogP contribution in [0, 0.1) is 0 Å². The fourth-order valence-electron chi connectivity index (χ4n) is 1.37. The van der Waals surface area contributed by atoms with E-state index in [2.05, 4.69) is 10.6 Å². The van der Waals surface area contributed by atoms with Gasteiger partial charge in [-0.1, -0.05) is 25.4 Å². The molecule has 0 aromatic heterocycles. The van der Waals surface area contributed by atoms with Crippen LogP contribution in [0.2, 0.25) is 5.02 Å². The molecule has 0 aliphatic rings. The summed E-state index contributed by atoms with van der Waals surface area (Å²) in [5.74, 6) is 0.534. The first kappa shape index (κ1) is 14.8. The quantitative estimate of drug-likeness (QED) is 0.801. The Labute approximate surface area is 113 Å². The highest BCUT2D eigenvalue weighted by Crippen LogP contribution is 2.28. The third-order valence-electron chi connectivity index (χ3n) is 2.21. The lowest BCUT2D eigenvalue weighted by Crippen LogP contribution is -2.27. The summed E-state index contributed by atoms with van der Waals surface area (Å²) in [6.45, 7) is 5.61. The number of rotatable bonds is 7. The second-order valence-electron chi connectivity index (χ2n) is 3.82. The summed E-state index contributed by atoms with van der Waals surface area (Å²) in [6, 6.07) is 5.20. The van der Waals surface area contributed by atoms with Crippen molar-refractivity contribution in [3.8, 4) is 5.75 Å². The van der Waals surface area contributed by atoms with Crippen LogP contribution in [-0.2, 0) is 4.79 Å². The van der Waals surface area contributed by atoms with E-state index in [1.54, 1.807) is 18.2 Å². The van der Waals surface area contributed by atoms with Crippen LogP contribution in [0.1, 0.15) is 20.3 Å². The van der Waals surface area contributed by atoms with Gasteiger partial charge in [-0.15, -0.1) is 0 Å². The number of likely N-dealkylation sites (N-methyl/N-ethyl adjacent to an activating group) is 1. The molecule has 0 fully saturated rings. The van der Waals surface area contributed by atoms with Crippen LogP contribution in [0.5, 0.6) is 5.75 Å². The zero-order chi connectivity index (χ0) is 13.4. The van der Waals surface area contributed by atoms with Crippen LogP contribution >= 0.6 is 11.6 Å². The van der Waals surface area contributed by atoms with Crippen LogP contribution < -0.4 is 15.4 Å². The summed E-state index contributed by atoms with van der Waals surface area (Å²) < 4.78 is 5.55. The van der Waals surface area contributed by atoms with E-state index in [9.17, 15) is 4.79 Å². The highest BCUT2D eigenvalue weighted by molar-refractivity contribution is 6.31. The monoisotopic (exact) mass is 270 g/mol. The number of ether oxygens (including phenoxy) is 1. The molecule has 1 amide bonds. The van der Waals surface area contributed by atoms with Crippen LogP contribution in [0.25, 0.3) is 0 Å². The molecule has 0 unspecified atom stereocenters. The van der Waals surface area contributed by atoms with Crippen molar-refractivity contribution in [1.29, 1.82) is 0 Å². The molecule has 18 heavy (non-hydrogen) atoms. The lowest BCUT2D eigenvalue weighted by atomic mass is 10.3. The number of halogens is 1. The van der Waals surface area contributed by atoms with Gasteiger partial charge in [0.15, 0.2) is 0 Å². The minimum Gasteiger partial charge on any atom is -0.491 e. The zero-order valence-corrected chi connectivity index (χ0v) is 11.5. The Balaban J connectivity index is 2.71. The largest absolute Gasteiger partial charge is 0.491 e. The van der Waals surface area contributed by atoms with E-state index in [1.807, 2.05) is 13.8 Å². The average Bonchev–Trinajstić information content (AvgIpc) is 2.35. The molecule has 0 atom stereocenters. The van der Waals surface area contributed by atoms with Gasteiger partial charge < -0.3 is 15.4 Å². The van der Waals surface area contributed by atoms with Gasteiger partial charge >= 0.3 is 0 Å². The highest BCUT2D eigenvalue weighted by Gasteiger charge is 2.08. The first-order valence-corrected chi connectivity index (χ1v) is 6.48. The molecule has 0 aliphatic heterocycles. The number of nitrogens with one attached hydrogen (secondary N) is 2. The van der Waals surface area contributed by atoms with Gasteiger partial charge in [0, 0.05) is 5.02 Å². The number of hydrogen-bond acceptors (Lipinski definition) is 3. The molecular formula is C13H19ClN2O2. The molecule has 0 radical (unpaired) electrons. The fourth-order valence-corrected chi connectivity index (χ4v) is 1.54. The topological polar surface area (TPSA) is 50.4 Å². The number of carbonyl (C=O) groups excluding carboxylic acids is 1.